The number of Topliss-reactive ketones (excluding diaryl/α,β-unsaturated/α-hetero) is 1. The molecule has 0 fully saturated rings. The molecular weight excluding hydrogens is 396 g/mol. The molecule has 2 aromatic rings. The zero-order chi connectivity index (χ0) is 18.5. The van der Waals surface area contributed by atoms with Crippen LogP contribution in [0.2, 0.25) is 0 Å². The van der Waals surface area contributed by atoms with E-state index in [1.807, 2.05) is 6.07 Å². The zero-order valence-corrected chi connectivity index (χ0v) is 16.1. The van der Waals surface area contributed by atoms with E-state index in [1.54, 1.807) is 30.5 Å². The number of hydrogen-bond acceptors (Lipinski definition) is 4. The Morgan fingerprint density at radius 1 is 1.35 bits per heavy atom. The minimum Gasteiger partial charge on any atom is -0.369 e. The molecule has 1 aliphatic rings. The normalized spacial score (nSPS) is 15.1. The van der Waals surface area contributed by atoms with Crippen molar-refractivity contribution in [2.45, 2.75) is 25.7 Å². The van der Waals surface area contributed by atoms with Gasteiger partial charge in [-0.25, -0.2) is 9.78 Å². The number of fused-ring (bicyclic) bond motifs is 1. The largest absolute Gasteiger partial charge is 0.369 e. The monoisotopic (exact) mass is 416 g/mol. The number of amides is 2. The van der Waals surface area contributed by atoms with Gasteiger partial charge in [0, 0.05) is 40.6 Å². The van der Waals surface area contributed by atoms with Crippen molar-refractivity contribution >= 4 is 39.2 Å². The summed E-state index contributed by atoms with van der Waals surface area (Å²) >= 11 is 3.41. The molecule has 136 valence electrons. The lowest BCUT2D eigenvalue weighted by Crippen LogP contribution is -2.29. The molecule has 0 saturated heterocycles. The third-order valence-corrected chi connectivity index (χ3v) is 4.70. The predicted molar refractivity (Wildman–Crippen MR) is 106 cm³/mol. The Balaban J connectivity index is 1.72. The van der Waals surface area contributed by atoms with Crippen LogP contribution >= 0.6 is 15.9 Å². The van der Waals surface area contributed by atoms with Gasteiger partial charge >= 0.3 is 6.03 Å². The highest BCUT2D eigenvalue weighted by atomic mass is 79.9. The maximum absolute atomic E-state index is 13.0. The summed E-state index contributed by atoms with van der Waals surface area (Å²) in [4.78, 5) is 29.2. The molecule has 6 nitrogen and oxygen atoms in total. The lowest BCUT2D eigenvalue weighted by atomic mass is 9.93. The molecule has 0 bridgehead atoms. The van der Waals surface area contributed by atoms with E-state index in [2.05, 4.69) is 43.8 Å². The van der Waals surface area contributed by atoms with Crippen LogP contribution in [0.4, 0.5) is 16.3 Å². The minimum absolute atomic E-state index is 0.00573. The van der Waals surface area contributed by atoms with Crippen LogP contribution in [0.5, 0.6) is 0 Å². The number of hydrogen-bond donors (Lipinski definition) is 3. The first-order chi connectivity index (χ1) is 12.6. The van der Waals surface area contributed by atoms with E-state index in [9.17, 15) is 9.59 Å². The van der Waals surface area contributed by atoms with Gasteiger partial charge in [-0.1, -0.05) is 25.5 Å². The number of anilines is 2. The molecular formula is C19H21BrN4O2. The summed E-state index contributed by atoms with van der Waals surface area (Å²) in [7, 11) is 0. The third-order valence-electron chi connectivity index (χ3n) is 4.27. The Labute approximate surface area is 160 Å². The highest BCUT2D eigenvalue weighted by Crippen LogP contribution is 2.34. The minimum atomic E-state index is -0.288. The second-order valence-corrected chi connectivity index (χ2v) is 7.12. The summed E-state index contributed by atoms with van der Waals surface area (Å²) in [5.41, 5.74) is 2.06. The SMILES string of the molecule is CCCCNC(=O)Nc1cccc(C(=O)C2CNc3ncc(Br)cc32)c1. The van der Waals surface area contributed by atoms with E-state index in [4.69, 9.17) is 0 Å². The molecule has 3 N–H and O–H groups in total. The summed E-state index contributed by atoms with van der Waals surface area (Å²) in [6.07, 6.45) is 3.66. The maximum Gasteiger partial charge on any atom is 0.319 e. The van der Waals surface area contributed by atoms with Crippen molar-refractivity contribution in [1.82, 2.24) is 10.3 Å². The fourth-order valence-corrected chi connectivity index (χ4v) is 3.27. The maximum atomic E-state index is 13.0. The van der Waals surface area contributed by atoms with Crippen molar-refractivity contribution in [2.24, 2.45) is 0 Å². The Morgan fingerprint density at radius 3 is 3.00 bits per heavy atom. The number of urea groups is 1. The van der Waals surface area contributed by atoms with Crippen LogP contribution in [0.25, 0.3) is 0 Å². The second-order valence-electron chi connectivity index (χ2n) is 6.20. The quantitative estimate of drug-likeness (QED) is 0.487. The van der Waals surface area contributed by atoms with E-state index in [0.717, 1.165) is 28.7 Å². The van der Waals surface area contributed by atoms with Crippen molar-refractivity contribution in [1.29, 1.82) is 0 Å². The van der Waals surface area contributed by atoms with Gasteiger partial charge in [-0.3, -0.25) is 4.79 Å². The zero-order valence-electron chi connectivity index (χ0n) is 14.5. The molecule has 1 aromatic heterocycles. The van der Waals surface area contributed by atoms with Gasteiger partial charge < -0.3 is 16.0 Å². The number of nitrogens with one attached hydrogen (secondary N) is 3. The number of carbonyl (C=O) groups is 2. The van der Waals surface area contributed by atoms with Crippen LogP contribution in [0, 0.1) is 0 Å². The molecule has 1 atom stereocenters. The Hall–Kier alpha value is -2.41. The lowest BCUT2D eigenvalue weighted by molar-refractivity contribution is 0.0966. The van der Waals surface area contributed by atoms with Crippen LogP contribution in [0.3, 0.4) is 0 Å². The molecule has 2 amide bonds. The fraction of sp³-hybridized carbons (Fsp3) is 0.316. The average Bonchev–Trinajstić information content (AvgIpc) is 3.04. The van der Waals surface area contributed by atoms with Gasteiger partial charge in [0.05, 0.1) is 5.92 Å². The molecule has 0 aliphatic carbocycles. The topological polar surface area (TPSA) is 83.1 Å². The van der Waals surface area contributed by atoms with Crippen LogP contribution in [0.15, 0.2) is 41.0 Å². The molecule has 0 spiro atoms. The summed E-state index contributed by atoms with van der Waals surface area (Å²) < 4.78 is 0.844. The van der Waals surface area contributed by atoms with Gasteiger partial charge in [-0.15, -0.1) is 0 Å². The third kappa shape index (κ3) is 4.22. The number of rotatable bonds is 6. The van der Waals surface area contributed by atoms with E-state index < -0.39 is 0 Å². The Kier molecular flexibility index (Phi) is 5.88. The lowest BCUT2D eigenvalue weighted by Gasteiger charge is -2.11. The molecule has 0 radical (unpaired) electrons. The molecule has 1 aliphatic heterocycles. The molecule has 7 heteroatoms. The second kappa shape index (κ2) is 8.31. The number of unbranched alkanes of at least 4 members (excludes halogenated alkanes) is 1. The first kappa shape index (κ1) is 18.4. The van der Waals surface area contributed by atoms with Gasteiger partial charge in [0.2, 0.25) is 0 Å². The molecule has 0 saturated carbocycles. The first-order valence-electron chi connectivity index (χ1n) is 8.67. The molecule has 1 unspecified atom stereocenters. The highest BCUT2D eigenvalue weighted by molar-refractivity contribution is 9.10. The van der Waals surface area contributed by atoms with Gasteiger partial charge in [0.1, 0.15) is 5.82 Å². The smallest absolute Gasteiger partial charge is 0.319 e. The number of nitrogens with zero attached hydrogens (tertiary/aromatic N) is 1. The molecule has 3 rings (SSSR count). The van der Waals surface area contributed by atoms with E-state index in [-0.39, 0.29) is 17.7 Å². The van der Waals surface area contributed by atoms with Crippen molar-refractivity contribution in [3.63, 3.8) is 0 Å². The number of ketones is 1. The van der Waals surface area contributed by atoms with Crippen LogP contribution in [-0.4, -0.2) is 29.9 Å². The number of carbonyl (C=O) groups excluding carboxylic acids is 2. The van der Waals surface area contributed by atoms with Crippen molar-refractivity contribution in [2.75, 3.05) is 23.7 Å². The standard InChI is InChI=1S/C19H21BrN4O2/c1-2-3-7-21-19(26)24-14-6-4-5-12(8-14)17(25)16-11-23-18-15(16)9-13(20)10-22-18/h4-6,8-10,16H,2-3,7,11H2,1H3,(H,22,23)(H2,21,24,26). The van der Waals surface area contributed by atoms with Crippen molar-refractivity contribution in [3.8, 4) is 0 Å². The van der Waals surface area contributed by atoms with Gasteiger partial charge in [0.25, 0.3) is 0 Å². The van der Waals surface area contributed by atoms with Gasteiger partial charge in [0.15, 0.2) is 5.78 Å². The summed E-state index contributed by atoms with van der Waals surface area (Å²) in [5.74, 6) is 0.464. The van der Waals surface area contributed by atoms with E-state index in [1.165, 1.54) is 0 Å². The van der Waals surface area contributed by atoms with Crippen LogP contribution in [-0.2, 0) is 0 Å². The summed E-state index contributed by atoms with van der Waals surface area (Å²) in [6.45, 7) is 3.22. The number of aromatic nitrogens is 1. The summed E-state index contributed by atoms with van der Waals surface area (Å²) in [6, 6.07) is 8.70. The van der Waals surface area contributed by atoms with Gasteiger partial charge in [-0.05, 0) is 40.5 Å². The first-order valence-corrected chi connectivity index (χ1v) is 9.46. The molecule has 26 heavy (non-hydrogen) atoms. The van der Waals surface area contributed by atoms with E-state index in [0.29, 0.717) is 24.3 Å². The Bertz CT molecular complexity index is 825. The van der Waals surface area contributed by atoms with Crippen LogP contribution in [0.1, 0.15) is 41.6 Å². The fourth-order valence-electron chi connectivity index (χ4n) is 2.92. The Morgan fingerprint density at radius 2 is 2.19 bits per heavy atom. The van der Waals surface area contributed by atoms with E-state index >= 15 is 0 Å². The molecule has 1 aromatic carbocycles. The summed E-state index contributed by atoms with van der Waals surface area (Å²) in [5, 5.41) is 8.74. The molecule has 2 heterocycles. The highest BCUT2D eigenvalue weighted by Gasteiger charge is 2.30. The number of pyridine rings is 1. The predicted octanol–water partition coefficient (Wildman–Crippen LogP) is 4.16. The van der Waals surface area contributed by atoms with Crippen molar-refractivity contribution < 1.29 is 9.59 Å². The van der Waals surface area contributed by atoms with Crippen molar-refractivity contribution in [3.05, 3.63) is 52.1 Å². The van der Waals surface area contributed by atoms with Crippen LogP contribution < -0.4 is 16.0 Å². The number of halogens is 1. The number of benzene rings is 1. The average molecular weight is 417 g/mol. The van der Waals surface area contributed by atoms with Gasteiger partial charge in [-0.2, -0.15) is 0 Å².